The maximum Gasteiger partial charge on any atom is 0.329 e. The number of morpholine rings is 1. The first-order chi connectivity index (χ1) is 28.1. The van der Waals surface area contributed by atoms with Gasteiger partial charge in [0.2, 0.25) is 5.91 Å². The minimum absolute atomic E-state index is 0.106. The van der Waals surface area contributed by atoms with Gasteiger partial charge in [0.15, 0.2) is 0 Å². The maximum absolute atomic E-state index is 16.0. The topological polar surface area (TPSA) is 161 Å². The highest BCUT2D eigenvalue weighted by Crippen LogP contribution is 2.66. The van der Waals surface area contributed by atoms with Crippen LogP contribution in [0, 0.1) is 11.8 Å². The molecule has 3 aliphatic rings. The van der Waals surface area contributed by atoms with Crippen molar-refractivity contribution >= 4 is 35.5 Å². The lowest BCUT2D eigenvalue weighted by Gasteiger charge is -2.46. The molecule has 0 aliphatic carbocycles. The second-order valence-electron chi connectivity index (χ2n) is 14.6. The molecule has 4 aromatic carbocycles. The number of imide groups is 1. The summed E-state index contributed by atoms with van der Waals surface area (Å²) in [4.78, 5) is 76.2. The van der Waals surface area contributed by atoms with Crippen LogP contribution in [0.4, 0.5) is 10.5 Å². The normalized spacial score (nSPS) is 24.1. The number of methoxy groups -OCH3 is 1. The number of amides is 3. The van der Waals surface area contributed by atoms with Crippen LogP contribution >= 0.6 is 0 Å². The number of benzene rings is 4. The van der Waals surface area contributed by atoms with Crippen LogP contribution in [0.3, 0.4) is 0 Å². The third-order valence-electron chi connectivity index (χ3n) is 11.1. The Hall–Kier alpha value is -6.31. The zero-order valence-electron chi connectivity index (χ0n) is 32.4. The summed E-state index contributed by atoms with van der Waals surface area (Å²) in [7, 11) is 1.20. The first kappa shape index (κ1) is 39.9. The summed E-state index contributed by atoms with van der Waals surface area (Å²) in [5.74, 6) is -4.99. The summed E-state index contributed by atoms with van der Waals surface area (Å²) in [6, 6.07) is 26.5. The van der Waals surface area contributed by atoms with Crippen molar-refractivity contribution in [2.45, 2.75) is 49.5 Å². The van der Waals surface area contributed by atoms with Gasteiger partial charge < -0.3 is 29.4 Å². The minimum Gasteiger partial charge on any atom is -0.491 e. The van der Waals surface area contributed by atoms with Gasteiger partial charge in [0, 0.05) is 5.56 Å². The van der Waals surface area contributed by atoms with Gasteiger partial charge in [-0.25, -0.2) is 14.5 Å². The molecule has 0 unspecified atom stereocenters. The average Bonchev–Trinajstić information content (AvgIpc) is 3.70. The number of hydrogen-bond donors (Lipinski definition) is 2. The van der Waals surface area contributed by atoms with Crippen LogP contribution in [0.1, 0.15) is 54.3 Å². The van der Waals surface area contributed by atoms with E-state index in [1.165, 1.54) is 13.2 Å². The molecule has 0 bridgehead atoms. The van der Waals surface area contributed by atoms with Crippen LogP contribution in [0.2, 0.25) is 0 Å². The van der Waals surface area contributed by atoms with Crippen molar-refractivity contribution in [3.8, 4) is 5.75 Å². The lowest BCUT2D eigenvalue weighted by molar-refractivity contribution is -0.180. The number of rotatable bonds is 12. The van der Waals surface area contributed by atoms with E-state index in [9.17, 15) is 24.3 Å². The van der Waals surface area contributed by atoms with Crippen molar-refractivity contribution in [1.82, 2.24) is 10.2 Å². The molecule has 58 heavy (non-hydrogen) atoms. The smallest absolute Gasteiger partial charge is 0.329 e. The molecular weight excluding hydrogens is 743 g/mol. The van der Waals surface area contributed by atoms with Crippen molar-refractivity contribution in [3.05, 3.63) is 144 Å². The number of ether oxygens (including phenoxy) is 4. The number of esters is 3. The summed E-state index contributed by atoms with van der Waals surface area (Å²) in [6.07, 6.45) is 0.450. The number of anilines is 1. The fourth-order valence-electron chi connectivity index (χ4n) is 8.85. The Balaban J connectivity index is 1.56. The maximum atomic E-state index is 16.0. The average molecular weight is 788 g/mol. The van der Waals surface area contributed by atoms with Crippen LogP contribution in [0.5, 0.6) is 5.75 Å². The number of carbonyl (C=O) groups excluding carboxylic acids is 5. The van der Waals surface area contributed by atoms with Gasteiger partial charge in [-0.1, -0.05) is 124 Å². The van der Waals surface area contributed by atoms with Gasteiger partial charge >= 0.3 is 23.9 Å². The highest BCUT2D eigenvalue weighted by Gasteiger charge is 2.76. The van der Waals surface area contributed by atoms with E-state index in [1.807, 2.05) is 65.6 Å². The summed E-state index contributed by atoms with van der Waals surface area (Å²) in [6.45, 7) is 6.49. The summed E-state index contributed by atoms with van der Waals surface area (Å²) >= 11 is 0. The van der Waals surface area contributed by atoms with E-state index in [0.29, 0.717) is 16.7 Å². The number of nitrogens with zero attached hydrogens (tertiary/aromatic N) is 2. The Morgan fingerprint density at radius 2 is 1.53 bits per heavy atom. The van der Waals surface area contributed by atoms with Crippen LogP contribution in [0.15, 0.2) is 122 Å². The molecule has 2 saturated heterocycles. The van der Waals surface area contributed by atoms with Crippen LogP contribution in [-0.4, -0.2) is 78.9 Å². The molecule has 0 saturated carbocycles. The third-order valence-corrected chi connectivity index (χ3v) is 11.1. The van der Waals surface area contributed by atoms with Gasteiger partial charge in [-0.15, -0.1) is 0 Å². The van der Waals surface area contributed by atoms with Crippen molar-refractivity contribution in [2.75, 3.05) is 31.8 Å². The fourth-order valence-corrected chi connectivity index (χ4v) is 8.85. The number of urea groups is 1. The molecule has 300 valence electrons. The first-order valence-corrected chi connectivity index (χ1v) is 19.1. The fraction of sp³-hybridized carbons (Fsp3) is 0.311. The lowest BCUT2D eigenvalue weighted by atomic mass is 9.65. The van der Waals surface area contributed by atoms with Gasteiger partial charge in [0.05, 0.1) is 31.5 Å². The Labute approximate surface area is 336 Å². The van der Waals surface area contributed by atoms with E-state index in [0.717, 1.165) is 4.90 Å². The Morgan fingerprint density at radius 3 is 2.19 bits per heavy atom. The number of aliphatic hydroxyl groups excluding tert-OH is 1. The highest BCUT2D eigenvalue weighted by atomic mass is 16.6. The van der Waals surface area contributed by atoms with E-state index < -0.39 is 77.4 Å². The molecular formula is C45H45N3O10. The third kappa shape index (κ3) is 6.59. The molecule has 0 aromatic heterocycles. The lowest BCUT2D eigenvalue weighted by Crippen LogP contribution is -2.56. The molecule has 3 amide bonds. The van der Waals surface area contributed by atoms with Gasteiger partial charge in [-0.05, 0) is 34.7 Å². The predicted molar refractivity (Wildman–Crippen MR) is 211 cm³/mol. The Kier molecular flexibility index (Phi) is 11.5. The van der Waals surface area contributed by atoms with Gasteiger partial charge in [0.1, 0.15) is 48.5 Å². The van der Waals surface area contributed by atoms with Gasteiger partial charge in [0.25, 0.3) is 0 Å². The van der Waals surface area contributed by atoms with Crippen molar-refractivity contribution in [1.29, 1.82) is 0 Å². The highest BCUT2D eigenvalue weighted by molar-refractivity contribution is 6.24. The molecule has 13 heteroatoms. The largest absolute Gasteiger partial charge is 0.491 e. The molecule has 1 spiro atoms. The Bertz CT molecular complexity index is 2200. The van der Waals surface area contributed by atoms with Crippen LogP contribution in [0.25, 0.3) is 0 Å². The standard InChI is InChI=1S/C45H45N3O10/c1-5-25-57-40(50)34-37-42(52)58-38(29-18-10-7-11-19-29)36(28-16-8-6-9-17-28)48(37)39(30-20-12-15-23-33(30)56-26-24-49)45(34)31-21-13-14-22-32(31)47(43(45)53)44(54)46-35(27(2)3)41(51)55-4/h5-23,27,34-39,49H,1,24-26H2,2-4H3,(H,46,54)/t34-,35-,36-,37-,38+,39+,45-/m0/s1. The Morgan fingerprint density at radius 1 is 0.897 bits per heavy atom. The predicted octanol–water partition coefficient (Wildman–Crippen LogP) is 5.36. The number of cyclic esters (lactones) is 1. The number of fused-ring (bicyclic) bond motifs is 3. The molecule has 4 aromatic rings. The summed E-state index contributed by atoms with van der Waals surface area (Å²) < 4.78 is 23.4. The van der Waals surface area contributed by atoms with Crippen LogP contribution < -0.4 is 15.0 Å². The molecule has 7 atom stereocenters. The van der Waals surface area contributed by atoms with E-state index in [2.05, 4.69) is 11.9 Å². The zero-order valence-corrected chi connectivity index (χ0v) is 32.4. The summed E-state index contributed by atoms with van der Waals surface area (Å²) in [5.41, 5.74) is 0.131. The van der Waals surface area contributed by atoms with Crippen molar-refractivity contribution in [3.63, 3.8) is 0 Å². The van der Waals surface area contributed by atoms with Crippen LogP contribution in [-0.2, 0) is 38.8 Å². The molecule has 3 aliphatic heterocycles. The van der Waals surface area contributed by atoms with E-state index in [-0.39, 0.29) is 36.8 Å². The monoisotopic (exact) mass is 787 g/mol. The van der Waals surface area contributed by atoms with Gasteiger partial charge in [-0.3, -0.25) is 19.3 Å². The number of aliphatic hydroxyl groups is 1. The number of para-hydroxylation sites is 2. The molecule has 13 nitrogen and oxygen atoms in total. The van der Waals surface area contributed by atoms with Crippen molar-refractivity contribution in [2.24, 2.45) is 11.8 Å². The van der Waals surface area contributed by atoms with E-state index in [1.54, 1.807) is 62.4 Å². The number of hydrogen-bond acceptors (Lipinski definition) is 11. The molecule has 0 radical (unpaired) electrons. The second kappa shape index (κ2) is 16.7. The van der Waals surface area contributed by atoms with E-state index >= 15 is 4.79 Å². The zero-order chi connectivity index (χ0) is 41.1. The van der Waals surface area contributed by atoms with Crippen molar-refractivity contribution < 1.29 is 48.0 Å². The molecule has 2 N–H and O–H groups in total. The number of carbonyl (C=O) groups is 5. The van der Waals surface area contributed by atoms with Gasteiger partial charge in [-0.2, -0.15) is 0 Å². The number of nitrogens with one attached hydrogen (secondary N) is 1. The first-order valence-electron chi connectivity index (χ1n) is 19.1. The molecule has 3 heterocycles. The molecule has 7 rings (SSSR count). The minimum atomic E-state index is -2.06. The molecule has 2 fully saturated rings. The SMILES string of the molecule is C=CCOC(=O)[C@@H]1[C@H]2C(=O)O[C@H](c3ccccc3)[C@H](c3ccccc3)N2[C@H](c2ccccc2OCCO)[C@@]12C(=O)N(C(=O)N[C@H](C(=O)OC)C(C)C)c1ccccc12. The summed E-state index contributed by atoms with van der Waals surface area (Å²) in [5, 5.41) is 12.6. The quantitative estimate of drug-likeness (QED) is 0.108. The second-order valence-corrected chi connectivity index (χ2v) is 14.6. The van der Waals surface area contributed by atoms with E-state index in [4.69, 9.17) is 18.9 Å².